The molecule has 0 atom stereocenters. The van der Waals surface area contributed by atoms with E-state index >= 15 is 0 Å². The molecule has 0 aliphatic carbocycles. The highest BCUT2D eigenvalue weighted by atomic mass is 15.0. The van der Waals surface area contributed by atoms with Crippen LogP contribution in [0.5, 0.6) is 0 Å². The van der Waals surface area contributed by atoms with Gasteiger partial charge in [0.25, 0.3) is 0 Å². The number of nitrogens with zero attached hydrogens (tertiary/aromatic N) is 2. The van der Waals surface area contributed by atoms with Crippen LogP contribution in [0.15, 0.2) is 37.2 Å². The average molecular weight is 173 g/mol. The van der Waals surface area contributed by atoms with E-state index in [1.165, 1.54) is 0 Å². The highest BCUT2D eigenvalue weighted by Crippen LogP contribution is 2.12. The third kappa shape index (κ3) is 1.23. The summed E-state index contributed by atoms with van der Waals surface area (Å²) in [6.45, 7) is 4.34. The minimum absolute atomic E-state index is 0.461. The first-order valence-electron chi connectivity index (χ1n) is 4.13. The zero-order valence-electron chi connectivity index (χ0n) is 7.27. The smallest absolute Gasteiger partial charge is 0.137 e. The largest absolute Gasteiger partial charge is 0.326 e. The fourth-order valence-electron chi connectivity index (χ4n) is 1.30. The van der Waals surface area contributed by atoms with Gasteiger partial charge in [0.1, 0.15) is 5.65 Å². The summed E-state index contributed by atoms with van der Waals surface area (Å²) in [6.07, 6.45) is 3.75. The Morgan fingerprint density at radius 2 is 2.38 bits per heavy atom. The average Bonchev–Trinajstić information content (AvgIpc) is 2.60. The third-order valence-corrected chi connectivity index (χ3v) is 2.03. The fraction of sp³-hybridized carbons (Fsp3) is 0.100. The number of fused-ring (bicyclic) bond motifs is 1. The summed E-state index contributed by atoms with van der Waals surface area (Å²) in [5.41, 5.74) is 8.32. The van der Waals surface area contributed by atoms with Gasteiger partial charge in [-0.25, -0.2) is 4.98 Å². The summed E-state index contributed by atoms with van der Waals surface area (Å²) >= 11 is 0. The van der Waals surface area contributed by atoms with E-state index in [2.05, 4.69) is 11.6 Å². The van der Waals surface area contributed by atoms with E-state index in [4.69, 9.17) is 5.73 Å². The van der Waals surface area contributed by atoms with Gasteiger partial charge in [-0.05, 0) is 17.7 Å². The topological polar surface area (TPSA) is 43.3 Å². The molecule has 2 aromatic heterocycles. The van der Waals surface area contributed by atoms with Gasteiger partial charge in [-0.2, -0.15) is 0 Å². The van der Waals surface area contributed by atoms with Crippen molar-refractivity contribution in [2.24, 2.45) is 5.73 Å². The Bertz CT molecular complexity index is 442. The van der Waals surface area contributed by atoms with Gasteiger partial charge >= 0.3 is 0 Å². The monoisotopic (exact) mass is 173 g/mol. The highest BCUT2D eigenvalue weighted by Gasteiger charge is 2.03. The van der Waals surface area contributed by atoms with E-state index in [-0.39, 0.29) is 0 Å². The molecular formula is C10H11N3. The lowest BCUT2D eigenvalue weighted by Crippen LogP contribution is -2.02. The summed E-state index contributed by atoms with van der Waals surface area (Å²) in [4.78, 5) is 4.23. The molecule has 0 saturated heterocycles. The Labute approximate surface area is 76.5 Å². The van der Waals surface area contributed by atoms with E-state index in [0.29, 0.717) is 6.54 Å². The van der Waals surface area contributed by atoms with Gasteiger partial charge in [-0.3, -0.25) is 4.40 Å². The normalized spacial score (nSPS) is 10.5. The molecule has 0 bridgehead atoms. The molecule has 0 unspecified atom stereocenters. The van der Waals surface area contributed by atoms with Crippen molar-refractivity contribution in [1.29, 1.82) is 0 Å². The number of pyridine rings is 1. The molecule has 0 aromatic carbocycles. The molecule has 2 aromatic rings. The van der Waals surface area contributed by atoms with Crippen molar-refractivity contribution < 1.29 is 0 Å². The number of rotatable bonds is 2. The lowest BCUT2D eigenvalue weighted by Gasteiger charge is -2.01. The van der Waals surface area contributed by atoms with E-state index in [0.717, 1.165) is 16.9 Å². The molecule has 2 heterocycles. The molecule has 0 saturated carbocycles. The number of nitrogens with two attached hydrogens (primary N) is 1. The van der Waals surface area contributed by atoms with E-state index < -0.39 is 0 Å². The first kappa shape index (κ1) is 8.01. The quantitative estimate of drug-likeness (QED) is 0.744. The van der Waals surface area contributed by atoms with Gasteiger partial charge in [0.15, 0.2) is 0 Å². The molecule has 0 radical (unpaired) electrons. The Morgan fingerprint density at radius 3 is 3.15 bits per heavy atom. The molecular weight excluding hydrogens is 162 g/mol. The van der Waals surface area contributed by atoms with Gasteiger partial charge in [-0.15, -0.1) is 0 Å². The van der Waals surface area contributed by atoms with Crippen LogP contribution in [-0.4, -0.2) is 15.9 Å². The van der Waals surface area contributed by atoms with Crippen LogP contribution in [0.25, 0.3) is 11.2 Å². The maximum atomic E-state index is 5.51. The van der Waals surface area contributed by atoms with Crippen LogP contribution in [0.4, 0.5) is 0 Å². The molecule has 66 valence electrons. The Kier molecular flexibility index (Phi) is 1.87. The maximum Gasteiger partial charge on any atom is 0.137 e. The second kappa shape index (κ2) is 3.03. The number of aromatic nitrogens is 2. The highest BCUT2D eigenvalue weighted by molar-refractivity contribution is 5.64. The van der Waals surface area contributed by atoms with Crippen molar-refractivity contribution >= 4 is 11.2 Å². The molecule has 13 heavy (non-hydrogen) atoms. The molecule has 0 aliphatic heterocycles. The van der Waals surface area contributed by atoms with Gasteiger partial charge in [0, 0.05) is 12.7 Å². The molecule has 0 spiro atoms. The zero-order valence-corrected chi connectivity index (χ0v) is 7.27. The van der Waals surface area contributed by atoms with E-state index in [9.17, 15) is 0 Å². The van der Waals surface area contributed by atoms with E-state index in [1.807, 2.05) is 28.8 Å². The van der Waals surface area contributed by atoms with Gasteiger partial charge in [0.2, 0.25) is 0 Å². The molecule has 2 rings (SSSR count). The van der Waals surface area contributed by atoms with Crippen molar-refractivity contribution in [3.8, 4) is 0 Å². The van der Waals surface area contributed by atoms with Crippen LogP contribution >= 0.6 is 0 Å². The van der Waals surface area contributed by atoms with Gasteiger partial charge in [-0.1, -0.05) is 12.6 Å². The molecule has 0 aliphatic rings. The van der Waals surface area contributed by atoms with Crippen LogP contribution in [0.2, 0.25) is 0 Å². The number of hydrogen-bond acceptors (Lipinski definition) is 2. The third-order valence-electron chi connectivity index (χ3n) is 2.03. The van der Waals surface area contributed by atoms with Crippen molar-refractivity contribution in [1.82, 2.24) is 9.38 Å². The predicted octanol–water partition coefficient (Wildman–Crippen LogP) is 1.31. The van der Waals surface area contributed by atoms with Gasteiger partial charge < -0.3 is 5.73 Å². The van der Waals surface area contributed by atoms with Crippen molar-refractivity contribution in [2.75, 3.05) is 6.54 Å². The van der Waals surface area contributed by atoms with Crippen LogP contribution in [0, 0.1) is 0 Å². The first-order valence-corrected chi connectivity index (χ1v) is 4.13. The van der Waals surface area contributed by atoms with Gasteiger partial charge in [0.05, 0.1) is 11.9 Å². The lowest BCUT2D eigenvalue weighted by atomic mass is 10.2. The summed E-state index contributed by atoms with van der Waals surface area (Å²) in [5.74, 6) is 0. The second-order valence-corrected chi connectivity index (χ2v) is 2.88. The predicted molar refractivity (Wildman–Crippen MR) is 53.3 cm³/mol. The summed E-state index contributed by atoms with van der Waals surface area (Å²) < 4.78 is 1.98. The standard InChI is InChI=1S/C10H11N3/c1-8(6-11)9-7-12-10-4-2-3-5-13(9)10/h2-5,7H,1,6,11H2. The summed E-state index contributed by atoms with van der Waals surface area (Å²) in [5, 5.41) is 0. The number of imidazole rings is 1. The minimum Gasteiger partial charge on any atom is -0.326 e. The summed E-state index contributed by atoms with van der Waals surface area (Å²) in [7, 11) is 0. The maximum absolute atomic E-state index is 5.51. The molecule has 2 N–H and O–H groups in total. The first-order chi connectivity index (χ1) is 6.33. The minimum atomic E-state index is 0.461. The second-order valence-electron chi connectivity index (χ2n) is 2.88. The fourth-order valence-corrected chi connectivity index (χ4v) is 1.30. The van der Waals surface area contributed by atoms with Crippen molar-refractivity contribution in [3.63, 3.8) is 0 Å². The molecule has 0 fully saturated rings. The van der Waals surface area contributed by atoms with Crippen LogP contribution in [0.1, 0.15) is 5.69 Å². The van der Waals surface area contributed by atoms with Crippen LogP contribution in [-0.2, 0) is 0 Å². The number of hydrogen-bond donors (Lipinski definition) is 1. The molecule has 0 amide bonds. The molecule has 3 heteroatoms. The van der Waals surface area contributed by atoms with E-state index in [1.54, 1.807) is 6.20 Å². The molecule has 3 nitrogen and oxygen atoms in total. The SMILES string of the molecule is C=C(CN)c1cnc2ccccn12. The Balaban J connectivity index is 2.64. The van der Waals surface area contributed by atoms with Crippen molar-refractivity contribution in [2.45, 2.75) is 0 Å². The zero-order chi connectivity index (χ0) is 9.26. The van der Waals surface area contributed by atoms with Crippen LogP contribution in [0.3, 0.4) is 0 Å². The van der Waals surface area contributed by atoms with Crippen LogP contribution < -0.4 is 5.73 Å². The Morgan fingerprint density at radius 1 is 1.54 bits per heavy atom. The summed E-state index contributed by atoms with van der Waals surface area (Å²) in [6, 6.07) is 5.87. The Hall–Kier alpha value is -1.61. The van der Waals surface area contributed by atoms with Crippen molar-refractivity contribution in [3.05, 3.63) is 42.9 Å². The lowest BCUT2D eigenvalue weighted by molar-refractivity contribution is 1.13.